The van der Waals surface area contributed by atoms with Crippen molar-refractivity contribution in [1.29, 1.82) is 0 Å². The molecule has 0 spiro atoms. The van der Waals surface area contributed by atoms with E-state index in [4.69, 9.17) is 16.3 Å². The van der Waals surface area contributed by atoms with Gasteiger partial charge >= 0.3 is 0 Å². The number of thiophene rings is 1. The van der Waals surface area contributed by atoms with E-state index in [1.807, 2.05) is 0 Å². The number of nitrogens with zero attached hydrogens (tertiary/aromatic N) is 2. The number of hydrogen-bond donors (Lipinski definition) is 2. The maximum Gasteiger partial charge on any atom is 0.246 e. The zero-order chi connectivity index (χ0) is 25.4. The number of halogens is 1. The second-order valence-electron chi connectivity index (χ2n) is 8.39. The van der Waals surface area contributed by atoms with E-state index in [2.05, 4.69) is 10.0 Å². The van der Waals surface area contributed by atoms with Crippen molar-refractivity contribution < 1.29 is 27.5 Å². The average molecular weight is 547 g/mol. The van der Waals surface area contributed by atoms with Crippen LogP contribution in [0.3, 0.4) is 0 Å². The van der Waals surface area contributed by atoms with E-state index in [-0.39, 0.29) is 31.0 Å². The van der Waals surface area contributed by atoms with Gasteiger partial charge in [-0.15, -0.1) is 11.3 Å². The Morgan fingerprint density at radius 1 is 1.26 bits per heavy atom. The predicted octanol–water partition coefficient (Wildman–Crippen LogP) is 1.43. The average Bonchev–Trinajstić information content (AvgIpc) is 3.46. The van der Waals surface area contributed by atoms with Crippen molar-refractivity contribution in [1.82, 2.24) is 19.8 Å². The zero-order valence-electron chi connectivity index (χ0n) is 19.6. The summed E-state index contributed by atoms with van der Waals surface area (Å²) in [6, 6.07) is 2.31. The summed E-state index contributed by atoms with van der Waals surface area (Å²) < 4.78 is 33.0. The third-order valence-corrected chi connectivity index (χ3v) is 8.14. The topological polar surface area (TPSA) is 125 Å². The number of rotatable bonds is 11. The van der Waals surface area contributed by atoms with E-state index in [9.17, 15) is 22.8 Å². The number of sulfonamides is 1. The van der Waals surface area contributed by atoms with Gasteiger partial charge in [0.15, 0.2) is 0 Å². The lowest BCUT2D eigenvalue weighted by Crippen LogP contribution is -2.55. The molecule has 0 aliphatic carbocycles. The summed E-state index contributed by atoms with van der Waals surface area (Å²) in [5, 5.41) is 3.80. The number of carbonyl (C=O) groups excluding carboxylic acids is 3. The molecular formula is C22H31ClN4O6S2. The molecule has 2 aliphatic rings. The van der Waals surface area contributed by atoms with Gasteiger partial charge in [-0.1, -0.05) is 11.6 Å². The third kappa shape index (κ3) is 8.28. The fourth-order valence-electron chi connectivity index (χ4n) is 4.13. The molecular weight excluding hydrogens is 516 g/mol. The molecule has 0 aromatic carbocycles. The van der Waals surface area contributed by atoms with Crippen LogP contribution < -0.4 is 10.0 Å². The lowest BCUT2D eigenvalue weighted by atomic mass is 10.1. The fourth-order valence-corrected chi connectivity index (χ4v) is 6.20. The minimum atomic E-state index is -3.86. The minimum Gasteiger partial charge on any atom is -0.372 e. The summed E-state index contributed by atoms with van der Waals surface area (Å²) in [5.74, 6) is -0.858. The van der Waals surface area contributed by atoms with Gasteiger partial charge in [-0.05, 0) is 50.8 Å². The normalized spacial score (nSPS) is 21.1. The van der Waals surface area contributed by atoms with Gasteiger partial charge < -0.3 is 19.9 Å². The Kier molecular flexibility index (Phi) is 10.1. The number of ether oxygens (including phenoxy) is 1. The van der Waals surface area contributed by atoms with E-state index in [1.165, 1.54) is 22.3 Å². The van der Waals surface area contributed by atoms with Gasteiger partial charge in [0.05, 0.1) is 10.9 Å². The van der Waals surface area contributed by atoms with Crippen LogP contribution in [-0.2, 0) is 29.1 Å². The first-order valence-electron chi connectivity index (χ1n) is 11.6. The van der Waals surface area contributed by atoms with Crippen LogP contribution in [0.2, 0.25) is 4.34 Å². The van der Waals surface area contributed by atoms with Crippen molar-refractivity contribution >= 4 is 56.8 Å². The number of likely N-dealkylation sites (tertiary alicyclic amines) is 2. The van der Waals surface area contributed by atoms with Crippen molar-refractivity contribution in [2.24, 2.45) is 0 Å². The zero-order valence-corrected chi connectivity index (χ0v) is 22.0. The van der Waals surface area contributed by atoms with Gasteiger partial charge in [-0.2, -0.15) is 4.72 Å². The number of amides is 3. The van der Waals surface area contributed by atoms with Crippen molar-refractivity contribution in [2.45, 2.75) is 44.7 Å². The van der Waals surface area contributed by atoms with E-state index >= 15 is 0 Å². The summed E-state index contributed by atoms with van der Waals surface area (Å²) in [6.07, 6.45) is 3.94. The van der Waals surface area contributed by atoms with E-state index in [0.717, 1.165) is 18.2 Å². The van der Waals surface area contributed by atoms with Crippen LogP contribution >= 0.6 is 22.9 Å². The number of carbonyl (C=O) groups is 3. The standard InChI is InChI=1S/C22H31ClN4O6S2/c1-2-33-15-20(28)24-13-16-5-3-11-27(16)21(29)14-26-10-4-6-18(22(26)30)25-35(31,32)12-9-17-7-8-19(23)34-17/h7-9,12,16,18,25H,2-6,10-11,13-15H2,1H3,(H,24,28)/b12-9+. The van der Waals surface area contributed by atoms with Gasteiger partial charge in [0.2, 0.25) is 27.7 Å². The molecule has 194 valence electrons. The number of piperidine rings is 1. The molecule has 2 N–H and O–H groups in total. The van der Waals surface area contributed by atoms with E-state index in [1.54, 1.807) is 24.0 Å². The fraction of sp³-hybridized carbons (Fsp3) is 0.591. The predicted molar refractivity (Wildman–Crippen MR) is 134 cm³/mol. The highest BCUT2D eigenvalue weighted by atomic mass is 35.5. The number of hydrogen-bond acceptors (Lipinski definition) is 7. The van der Waals surface area contributed by atoms with Gasteiger partial charge in [0.1, 0.15) is 12.6 Å². The molecule has 0 radical (unpaired) electrons. The smallest absolute Gasteiger partial charge is 0.246 e. The summed E-state index contributed by atoms with van der Waals surface area (Å²) in [4.78, 5) is 41.5. The molecule has 35 heavy (non-hydrogen) atoms. The highest BCUT2D eigenvalue weighted by molar-refractivity contribution is 7.92. The lowest BCUT2D eigenvalue weighted by Gasteiger charge is -2.34. The quantitative estimate of drug-likeness (QED) is 0.432. The summed E-state index contributed by atoms with van der Waals surface area (Å²) in [6.45, 7) is 3.38. The summed E-state index contributed by atoms with van der Waals surface area (Å²) in [5.41, 5.74) is 0. The Hall–Kier alpha value is -1.99. The molecule has 13 heteroatoms. The van der Waals surface area contributed by atoms with Crippen LogP contribution in [0.5, 0.6) is 0 Å². The Morgan fingerprint density at radius 2 is 2.03 bits per heavy atom. The van der Waals surface area contributed by atoms with E-state index < -0.39 is 22.0 Å². The van der Waals surface area contributed by atoms with Crippen molar-refractivity contribution in [2.75, 3.05) is 39.4 Å². The second-order valence-corrected chi connectivity index (χ2v) is 11.7. The van der Waals surface area contributed by atoms with Crippen LogP contribution in [0, 0.1) is 0 Å². The van der Waals surface area contributed by atoms with Gasteiger partial charge in [0.25, 0.3) is 0 Å². The summed E-state index contributed by atoms with van der Waals surface area (Å²) >= 11 is 7.11. The Labute approximate surface area is 214 Å². The van der Waals surface area contributed by atoms with Crippen molar-refractivity contribution in [3.8, 4) is 0 Å². The molecule has 3 heterocycles. The Bertz CT molecular complexity index is 1040. The third-order valence-electron chi connectivity index (χ3n) is 5.84. The SMILES string of the molecule is CCOCC(=O)NCC1CCCN1C(=O)CN1CCCC(NS(=O)(=O)/C=C/c2ccc(Cl)s2)C1=O. The Morgan fingerprint density at radius 3 is 2.74 bits per heavy atom. The van der Waals surface area contributed by atoms with Crippen molar-refractivity contribution in [3.05, 3.63) is 26.8 Å². The van der Waals surface area contributed by atoms with Crippen LogP contribution in [0.25, 0.3) is 6.08 Å². The molecule has 0 bridgehead atoms. The maximum atomic E-state index is 13.0. The molecule has 2 aliphatic heterocycles. The molecule has 2 unspecified atom stereocenters. The maximum absolute atomic E-state index is 13.0. The molecule has 2 saturated heterocycles. The van der Waals surface area contributed by atoms with Gasteiger partial charge in [0, 0.05) is 42.6 Å². The summed E-state index contributed by atoms with van der Waals surface area (Å²) in [7, 11) is -3.86. The molecule has 1 aromatic rings. The second kappa shape index (κ2) is 12.8. The van der Waals surface area contributed by atoms with Crippen LogP contribution in [0.4, 0.5) is 0 Å². The number of nitrogens with one attached hydrogen (secondary N) is 2. The van der Waals surface area contributed by atoms with Crippen molar-refractivity contribution in [3.63, 3.8) is 0 Å². The molecule has 3 amide bonds. The molecule has 10 nitrogen and oxygen atoms in total. The molecule has 2 fully saturated rings. The highest BCUT2D eigenvalue weighted by Crippen LogP contribution is 2.23. The largest absolute Gasteiger partial charge is 0.372 e. The van der Waals surface area contributed by atoms with E-state index in [0.29, 0.717) is 48.3 Å². The minimum absolute atomic E-state index is 0.0208. The molecule has 0 saturated carbocycles. The molecule has 3 rings (SSSR count). The molecule has 1 aromatic heterocycles. The van der Waals surface area contributed by atoms with Crippen LogP contribution in [-0.4, -0.2) is 87.4 Å². The monoisotopic (exact) mass is 546 g/mol. The first-order chi connectivity index (χ1) is 16.7. The lowest BCUT2D eigenvalue weighted by molar-refractivity contribution is -0.143. The van der Waals surface area contributed by atoms with Gasteiger partial charge in [-0.25, -0.2) is 8.42 Å². The van der Waals surface area contributed by atoms with Crippen LogP contribution in [0.1, 0.15) is 37.5 Å². The first-order valence-corrected chi connectivity index (χ1v) is 14.3. The first kappa shape index (κ1) is 27.6. The molecule has 2 atom stereocenters. The van der Waals surface area contributed by atoms with Crippen LogP contribution in [0.15, 0.2) is 17.5 Å². The Balaban J connectivity index is 1.53. The highest BCUT2D eigenvalue weighted by Gasteiger charge is 2.35. The van der Waals surface area contributed by atoms with Gasteiger partial charge in [-0.3, -0.25) is 14.4 Å².